The van der Waals surface area contributed by atoms with Crippen molar-refractivity contribution in [3.63, 3.8) is 0 Å². The summed E-state index contributed by atoms with van der Waals surface area (Å²) >= 11 is 0. The molecule has 5 rings (SSSR count). The zero-order valence-electron chi connectivity index (χ0n) is 19.8. The van der Waals surface area contributed by atoms with Crippen LogP contribution in [-0.4, -0.2) is 25.8 Å². The first kappa shape index (κ1) is 22.1. The van der Waals surface area contributed by atoms with E-state index < -0.39 is 0 Å². The molecule has 0 aliphatic heterocycles. The third-order valence-electron chi connectivity index (χ3n) is 6.24. The predicted octanol–water partition coefficient (Wildman–Crippen LogP) is 5.09. The van der Waals surface area contributed by atoms with Crippen LogP contribution in [0.5, 0.6) is 0 Å². The number of carbonyl (C=O) groups excluding carboxylic acids is 1. The molecule has 1 aliphatic rings. The van der Waals surface area contributed by atoms with Crippen LogP contribution in [-0.2, 0) is 18.4 Å². The van der Waals surface area contributed by atoms with Crippen LogP contribution in [0, 0.1) is 0 Å². The molecule has 7 nitrogen and oxygen atoms in total. The third kappa shape index (κ3) is 4.38. The Morgan fingerprint density at radius 1 is 1.12 bits per heavy atom. The molecule has 1 amide bonds. The Balaban J connectivity index is 1.38. The Morgan fingerprint density at radius 2 is 1.88 bits per heavy atom. The highest BCUT2D eigenvalue weighted by molar-refractivity contribution is 6.00. The van der Waals surface area contributed by atoms with Crippen molar-refractivity contribution in [1.82, 2.24) is 25.2 Å². The van der Waals surface area contributed by atoms with E-state index in [1.807, 2.05) is 63.4 Å². The van der Waals surface area contributed by atoms with Gasteiger partial charge in [-0.05, 0) is 37.0 Å². The number of benzene rings is 2. The fourth-order valence-corrected chi connectivity index (χ4v) is 4.40. The van der Waals surface area contributed by atoms with Crippen LogP contribution in [0.2, 0.25) is 0 Å². The minimum atomic E-state index is -0.239. The predicted molar refractivity (Wildman–Crippen MR) is 129 cm³/mol. The lowest BCUT2D eigenvalue weighted by Crippen LogP contribution is -2.31. The molecule has 0 radical (unpaired) electrons. The number of fused-ring (bicyclic) bond motifs is 1. The Hall–Kier alpha value is -3.74. The topological polar surface area (TPSA) is 85.8 Å². The van der Waals surface area contributed by atoms with Gasteiger partial charge in [-0.3, -0.25) is 9.48 Å². The van der Waals surface area contributed by atoms with Crippen molar-refractivity contribution in [3.8, 4) is 11.5 Å². The van der Waals surface area contributed by atoms with Gasteiger partial charge in [0.05, 0.1) is 29.9 Å². The fourth-order valence-electron chi connectivity index (χ4n) is 4.40. The largest absolute Gasteiger partial charge is 0.345 e. The molecule has 174 valence electrons. The molecule has 1 atom stereocenters. The molecule has 7 heteroatoms. The van der Waals surface area contributed by atoms with Gasteiger partial charge in [0.1, 0.15) is 0 Å². The Labute approximate surface area is 199 Å². The standard InChI is InChI=1S/C27H29N5O2/c1-27(2,3)26-30-25(34-31-26)20-13-8-7-12-19(20)24(33)29-22-14-9-15-23-21(22)16-28-32(23)17-18-10-5-4-6-11-18/h4-8,10-13,16,22H,9,14-15,17H2,1-3H3,(H,29,33). The van der Waals surface area contributed by atoms with E-state index in [4.69, 9.17) is 4.52 Å². The lowest BCUT2D eigenvalue weighted by atomic mass is 9.92. The van der Waals surface area contributed by atoms with Crippen molar-refractivity contribution >= 4 is 5.91 Å². The van der Waals surface area contributed by atoms with Gasteiger partial charge in [0, 0.05) is 16.7 Å². The van der Waals surface area contributed by atoms with E-state index in [1.54, 1.807) is 6.07 Å². The number of amides is 1. The monoisotopic (exact) mass is 455 g/mol. The van der Waals surface area contributed by atoms with Gasteiger partial charge in [-0.15, -0.1) is 0 Å². The van der Waals surface area contributed by atoms with Gasteiger partial charge in [-0.25, -0.2) is 0 Å². The van der Waals surface area contributed by atoms with Crippen LogP contribution < -0.4 is 5.32 Å². The van der Waals surface area contributed by atoms with E-state index in [0.717, 1.165) is 31.4 Å². The van der Waals surface area contributed by atoms with Gasteiger partial charge < -0.3 is 9.84 Å². The van der Waals surface area contributed by atoms with Crippen molar-refractivity contribution in [2.45, 2.75) is 58.0 Å². The number of nitrogens with zero attached hydrogens (tertiary/aromatic N) is 4. The second kappa shape index (κ2) is 8.89. The van der Waals surface area contributed by atoms with E-state index in [0.29, 0.717) is 22.8 Å². The Bertz CT molecular complexity index is 1300. The van der Waals surface area contributed by atoms with Crippen LogP contribution in [0.4, 0.5) is 0 Å². The van der Waals surface area contributed by atoms with Crippen molar-refractivity contribution in [3.05, 3.63) is 89.0 Å². The van der Waals surface area contributed by atoms with Gasteiger partial charge in [0.15, 0.2) is 5.82 Å². The van der Waals surface area contributed by atoms with E-state index in [1.165, 1.54) is 11.3 Å². The van der Waals surface area contributed by atoms with Crippen LogP contribution in [0.3, 0.4) is 0 Å². The van der Waals surface area contributed by atoms with E-state index in [-0.39, 0.29) is 17.4 Å². The summed E-state index contributed by atoms with van der Waals surface area (Å²) < 4.78 is 7.58. The maximum Gasteiger partial charge on any atom is 0.258 e. The molecule has 4 aromatic rings. The average molecular weight is 456 g/mol. The molecule has 2 aromatic heterocycles. The van der Waals surface area contributed by atoms with Crippen LogP contribution in [0.25, 0.3) is 11.5 Å². The SMILES string of the molecule is CC(C)(C)c1noc(-c2ccccc2C(=O)NC2CCCc3c2cnn3Cc2ccccc2)n1. The zero-order valence-corrected chi connectivity index (χ0v) is 19.8. The third-order valence-corrected chi connectivity index (χ3v) is 6.24. The minimum absolute atomic E-state index is 0.0818. The zero-order chi connectivity index (χ0) is 23.7. The highest BCUT2D eigenvalue weighted by atomic mass is 16.5. The second-order valence-electron chi connectivity index (χ2n) is 9.83. The average Bonchev–Trinajstić information content (AvgIpc) is 3.48. The molecule has 1 aliphatic carbocycles. The lowest BCUT2D eigenvalue weighted by molar-refractivity contribution is 0.0933. The molecule has 2 aromatic carbocycles. The van der Waals surface area contributed by atoms with Gasteiger partial charge >= 0.3 is 0 Å². The summed E-state index contributed by atoms with van der Waals surface area (Å²) in [6, 6.07) is 17.6. The van der Waals surface area contributed by atoms with Gasteiger partial charge in [0.25, 0.3) is 11.8 Å². The van der Waals surface area contributed by atoms with Crippen LogP contribution in [0.1, 0.15) is 72.7 Å². The normalized spacial score (nSPS) is 15.7. The summed E-state index contributed by atoms with van der Waals surface area (Å²) in [6.45, 7) is 6.81. The molecular formula is C27H29N5O2. The van der Waals surface area contributed by atoms with Crippen molar-refractivity contribution in [2.24, 2.45) is 0 Å². The van der Waals surface area contributed by atoms with Crippen molar-refractivity contribution in [2.75, 3.05) is 0 Å². The molecule has 0 saturated carbocycles. The summed E-state index contributed by atoms with van der Waals surface area (Å²) in [5.41, 5.74) is 4.43. The summed E-state index contributed by atoms with van der Waals surface area (Å²) in [4.78, 5) is 17.9. The number of hydrogen-bond acceptors (Lipinski definition) is 5. The summed E-state index contributed by atoms with van der Waals surface area (Å²) in [5, 5.41) is 12.0. The summed E-state index contributed by atoms with van der Waals surface area (Å²) in [5.74, 6) is 0.816. The number of nitrogens with one attached hydrogen (secondary N) is 1. The van der Waals surface area contributed by atoms with Crippen molar-refractivity contribution in [1.29, 1.82) is 0 Å². The maximum absolute atomic E-state index is 13.4. The van der Waals surface area contributed by atoms with Gasteiger partial charge in [-0.2, -0.15) is 10.1 Å². The van der Waals surface area contributed by atoms with E-state index >= 15 is 0 Å². The first-order valence-corrected chi connectivity index (χ1v) is 11.7. The van der Waals surface area contributed by atoms with E-state index in [9.17, 15) is 4.79 Å². The Kier molecular flexibility index (Phi) is 5.77. The molecule has 0 fully saturated rings. The number of aromatic nitrogens is 4. The second-order valence-corrected chi connectivity index (χ2v) is 9.83. The molecule has 0 saturated heterocycles. The van der Waals surface area contributed by atoms with Crippen LogP contribution in [0.15, 0.2) is 65.3 Å². The number of carbonyl (C=O) groups is 1. The molecule has 1 N–H and O–H groups in total. The smallest absolute Gasteiger partial charge is 0.258 e. The fraction of sp³-hybridized carbons (Fsp3) is 0.333. The Morgan fingerprint density at radius 3 is 2.65 bits per heavy atom. The van der Waals surface area contributed by atoms with Crippen LogP contribution >= 0.6 is 0 Å². The number of rotatable bonds is 5. The summed E-state index contributed by atoms with van der Waals surface area (Å²) in [6.07, 6.45) is 4.75. The number of hydrogen-bond donors (Lipinski definition) is 1. The lowest BCUT2D eigenvalue weighted by Gasteiger charge is -2.24. The first-order valence-electron chi connectivity index (χ1n) is 11.7. The van der Waals surface area contributed by atoms with Crippen molar-refractivity contribution < 1.29 is 9.32 Å². The minimum Gasteiger partial charge on any atom is -0.345 e. The quantitative estimate of drug-likeness (QED) is 0.453. The molecule has 2 heterocycles. The first-order chi connectivity index (χ1) is 16.4. The molecule has 1 unspecified atom stereocenters. The summed E-state index contributed by atoms with van der Waals surface area (Å²) in [7, 11) is 0. The maximum atomic E-state index is 13.4. The van der Waals surface area contributed by atoms with E-state index in [2.05, 4.69) is 37.4 Å². The van der Waals surface area contributed by atoms with Gasteiger partial charge in [-0.1, -0.05) is 68.4 Å². The molecule has 0 bridgehead atoms. The van der Waals surface area contributed by atoms with Gasteiger partial charge in [0.2, 0.25) is 0 Å². The molecule has 34 heavy (non-hydrogen) atoms. The highest BCUT2D eigenvalue weighted by Crippen LogP contribution is 2.31. The molecule has 0 spiro atoms. The molecular weight excluding hydrogens is 426 g/mol. The highest BCUT2D eigenvalue weighted by Gasteiger charge is 2.28.